The summed E-state index contributed by atoms with van der Waals surface area (Å²) in [7, 11) is 1.70. The van der Waals surface area contributed by atoms with Gasteiger partial charge in [-0.05, 0) is 35.8 Å². The summed E-state index contributed by atoms with van der Waals surface area (Å²) >= 11 is 0. The van der Waals surface area contributed by atoms with Crippen LogP contribution in [-0.4, -0.2) is 25.0 Å². The Bertz CT molecular complexity index is 472. The Morgan fingerprint density at radius 1 is 1.36 bits per heavy atom. The van der Waals surface area contributed by atoms with Crippen molar-refractivity contribution in [2.45, 2.75) is 52.7 Å². The van der Waals surface area contributed by atoms with Crippen LogP contribution in [0.2, 0.25) is 0 Å². The highest BCUT2D eigenvalue weighted by Gasteiger charge is 2.40. The fourth-order valence-corrected chi connectivity index (χ4v) is 4.13. The van der Waals surface area contributed by atoms with Gasteiger partial charge < -0.3 is 9.84 Å². The van der Waals surface area contributed by atoms with Gasteiger partial charge in [-0.2, -0.15) is 0 Å². The molecule has 0 amide bonds. The summed E-state index contributed by atoms with van der Waals surface area (Å²) in [5.41, 5.74) is 1.38. The lowest BCUT2D eigenvalue weighted by molar-refractivity contribution is -0.0438. The lowest BCUT2D eigenvalue weighted by Crippen LogP contribution is -2.48. The van der Waals surface area contributed by atoms with Crippen molar-refractivity contribution in [1.29, 1.82) is 0 Å². The molecule has 1 fully saturated rings. The van der Waals surface area contributed by atoms with Crippen LogP contribution in [0.25, 0.3) is 0 Å². The predicted octanol–water partition coefficient (Wildman–Crippen LogP) is 3.61. The Morgan fingerprint density at radius 3 is 2.77 bits per heavy atom. The van der Waals surface area contributed by atoms with E-state index in [1.165, 1.54) is 24.8 Å². The van der Waals surface area contributed by atoms with Crippen LogP contribution < -0.4 is 10.1 Å². The second-order valence-corrected chi connectivity index (χ2v) is 7.34. The summed E-state index contributed by atoms with van der Waals surface area (Å²) in [6.45, 7) is 7.62. The molecule has 1 aromatic rings. The molecular formula is C19H31NO2. The maximum Gasteiger partial charge on any atom is 0.122 e. The van der Waals surface area contributed by atoms with Crippen molar-refractivity contribution >= 4 is 0 Å². The van der Waals surface area contributed by atoms with Crippen molar-refractivity contribution in [3.8, 4) is 5.75 Å². The average Bonchev–Trinajstić information content (AvgIpc) is 2.46. The summed E-state index contributed by atoms with van der Waals surface area (Å²) < 4.78 is 5.38. The van der Waals surface area contributed by atoms with Gasteiger partial charge in [0.1, 0.15) is 12.0 Å². The van der Waals surface area contributed by atoms with Crippen molar-refractivity contribution in [3.05, 3.63) is 29.8 Å². The fraction of sp³-hybridized carbons (Fsp3) is 0.684. The van der Waals surface area contributed by atoms with E-state index in [1.54, 1.807) is 7.11 Å². The molecule has 1 aliphatic rings. The number of methoxy groups -OCH3 is 1. The molecule has 124 valence electrons. The number of hydrogen-bond donors (Lipinski definition) is 2. The maximum atomic E-state index is 10.6. The van der Waals surface area contributed by atoms with Crippen molar-refractivity contribution < 1.29 is 9.84 Å². The summed E-state index contributed by atoms with van der Waals surface area (Å²) in [4.78, 5) is 0. The first-order chi connectivity index (χ1) is 10.5. The van der Waals surface area contributed by atoms with Gasteiger partial charge in [0, 0.05) is 12.5 Å². The van der Waals surface area contributed by atoms with Crippen molar-refractivity contribution in [1.82, 2.24) is 5.32 Å². The molecule has 0 radical (unpaired) electrons. The van der Waals surface area contributed by atoms with Crippen LogP contribution in [0.1, 0.15) is 45.6 Å². The number of aliphatic hydroxyl groups excluding tert-OH is 1. The molecule has 0 bridgehead atoms. The average molecular weight is 305 g/mol. The van der Waals surface area contributed by atoms with Gasteiger partial charge >= 0.3 is 0 Å². The Morgan fingerprint density at radius 2 is 2.09 bits per heavy atom. The third kappa shape index (κ3) is 4.02. The fourth-order valence-electron chi connectivity index (χ4n) is 4.13. The second kappa shape index (κ2) is 7.47. The molecule has 1 aromatic carbocycles. The largest absolute Gasteiger partial charge is 0.496 e. The van der Waals surface area contributed by atoms with Crippen LogP contribution in [-0.2, 0) is 6.42 Å². The van der Waals surface area contributed by atoms with Crippen LogP contribution in [0.15, 0.2) is 24.3 Å². The van der Waals surface area contributed by atoms with E-state index in [4.69, 9.17) is 4.74 Å². The van der Waals surface area contributed by atoms with Crippen LogP contribution in [0.5, 0.6) is 5.75 Å². The van der Waals surface area contributed by atoms with Crippen molar-refractivity contribution in [2.24, 2.45) is 17.3 Å². The minimum Gasteiger partial charge on any atom is -0.496 e. The van der Waals surface area contributed by atoms with E-state index in [-0.39, 0.29) is 5.41 Å². The zero-order valence-corrected chi connectivity index (χ0v) is 14.4. The van der Waals surface area contributed by atoms with E-state index in [1.807, 2.05) is 18.2 Å². The summed E-state index contributed by atoms with van der Waals surface area (Å²) in [6.07, 6.45) is 4.13. The Kier molecular flexibility index (Phi) is 5.87. The standard InChI is InChI=1S/C19H31NO2/c1-14-8-7-12-19(2,3)17(14)18(21)20-13-11-15-9-5-6-10-16(15)22-4/h5-6,9-10,14,17-18,20-21H,7-8,11-13H2,1-4H3/t14-,17?,18-/m0/s1. The highest BCUT2D eigenvalue weighted by Crippen LogP contribution is 2.45. The molecule has 0 aromatic heterocycles. The van der Waals surface area contributed by atoms with Gasteiger partial charge in [0.25, 0.3) is 0 Å². The quantitative estimate of drug-likeness (QED) is 0.789. The van der Waals surface area contributed by atoms with Crippen molar-refractivity contribution in [3.63, 3.8) is 0 Å². The van der Waals surface area contributed by atoms with Gasteiger partial charge in [0.15, 0.2) is 0 Å². The molecule has 0 spiro atoms. The molecule has 0 heterocycles. The van der Waals surface area contributed by atoms with E-state index in [9.17, 15) is 5.11 Å². The Labute approximate surface area is 135 Å². The monoisotopic (exact) mass is 305 g/mol. The number of rotatable bonds is 6. The van der Waals surface area contributed by atoms with Crippen LogP contribution in [0.3, 0.4) is 0 Å². The highest BCUT2D eigenvalue weighted by atomic mass is 16.5. The number of benzene rings is 1. The van der Waals surface area contributed by atoms with Gasteiger partial charge in [-0.3, -0.25) is 5.32 Å². The van der Waals surface area contributed by atoms with E-state index in [0.29, 0.717) is 11.8 Å². The Hall–Kier alpha value is -1.06. The van der Waals surface area contributed by atoms with Gasteiger partial charge in [-0.1, -0.05) is 51.8 Å². The smallest absolute Gasteiger partial charge is 0.122 e. The normalized spacial score (nSPS) is 25.7. The number of nitrogens with one attached hydrogen (secondary N) is 1. The lowest BCUT2D eigenvalue weighted by Gasteiger charge is -2.45. The van der Waals surface area contributed by atoms with E-state index < -0.39 is 6.23 Å². The minimum absolute atomic E-state index is 0.203. The first-order valence-electron chi connectivity index (χ1n) is 8.49. The third-order valence-corrected chi connectivity index (χ3v) is 5.28. The van der Waals surface area contributed by atoms with Gasteiger partial charge in [0.05, 0.1) is 7.11 Å². The third-order valence-electron chi connectivity index (χ3n) is 5.28. The predicted molar refractivity (Wildman–Crippen MR) is 91.0 cm³/mol. The summed E-state index contributed by atoms with van der Waals surface area (Å²) in [5, 5.41) is 14.0. The van der Waals surface area contributed by atoms with Crippen molar-refractivity contribution in [2.75, 3.05) is 13.7 Å². The topological polar surface area (TPSA) is 41.5 Å². The Balaban J connectivity index is 1.90. The first-order valence-corrected chi connectivity index (χ1v) is 8.49. The molecule has 22 heavy (non-hydrogen) atoms. The molecule has 1 unspecified atom stereocenters. The molecule has 1 aliphatic carbocycles. The van der Waals surface area contributed by atoms with Crippen LogP contribution in [0.4, 0.5) is 0 Å². The maximum absolute atomic E-state index is 10.6. The molecule has 3 nitrogen and oxygen atoms in total. The molecule has 1 saturated carbocycles. The van der Waals surface area contributed by atoms with Crippen LogP contribution in [0, 0.1) is 17.3 Å². The van der Waals surface area contributed by atoms with Crippen LogP contribution >= 0.6 is 0 Å². The molecule has 0 saturated heterocycles. The lowest BCUT2D eigenvalue weighted by atomic mass is 9.63. The van der Waals surface area contributed by atoms with Gasteiger partial charge in [0.2, 0.25) is 0 Å². The molecule has 2 rings (SSSR count). The number of aliphatic hydroxyl groups is 1. The van der Waals surface area contributed by atoms with E-state index in [2.05, 4.69) is 32.2 Å². The molecule has 2 N–H and O–H groups in total. The molecule has 0 aliphatic heterocycles. The molecular weight excluding hydrogens is 274 g/mol. The minimum atomic E-state index is -0.431. The van der Waals surface area contributed by atoms with E-state index >= 15 is 0 Å². The highest BCUT2D eigenvalue weighted by molar-refractivity contribution is 5.33. The second-order valence-electron chi connectivity index (χ2n) is 7.34. The molecule has 3 heteroatoms. The zero-order chi connectivity index (χ0) is 16.2. The zero-order valence-electron chi connectivity index (χ0n) is 14.4. The summed E-state index contributed by atoms with van der Waals surface area (Å²) in [6, 6.07) is 8.08. The number of ether oxygens (including phenoxy) is 1. The van der Waals surface area contributed by atoms with Gasteiger partial charge in [-0.25, -0.2) is 0 Å². The molecule has 3 atom stereocenters. The number of hydrogen-bond acceptors (Lipinski definition) is 3. The summed E-state index contributed by atoms with van der Waals surface area (Å²) in [5.74, 6) is 1.81. The number of para-hydroxylation sites is 1. The van der Waals surface area contributed by atoms with E-state index in [0.717, 1.165) is 18.7 Å². The van der Waals surface area contributed by atoms with Gasteiger partial charge in [-0.15, -0.1) is 0 Å². The SMILES string of the molecule is COc1ccccc1CCN[C@@H](O)C1[C@@H](C)CCCC1(C)C. The first kappa shape index (κ1) is 17.3.